The van der Waals surface area contributed by atoms with E-state index in [1.165, 1.54) is 83.3 Å². The Morgan fingerprint density at radius 3 is 1.65 bits per heavy atom. The van der Waals surface area contributed by atoms with Crippen LogP contribution in [0.5, 0.6) is 0 Å². The number of fused-ring (bicyclic) bond motifs is 12. The first-order valence-corrected chi connectivity index (χ1v) is 17.1. The standard InChI is InChI=1S/C47H34N2/c1-47(2)27-28-48(31-15-4-3-5-16-31)45-30-40-34-19-8-9-22-37(34)46-38(32-17-6-7-18-33(32)39(40)29-41(45)47)23-14-26-44(46)49-42-24-12-10-20-35(42)36-21-11-13-25-43(36)49/h3-30H,1-2H3. The SMILES string of the molecule is CC1(C)C=CN(c2ccccc2)c2cc3c(cc21)-c1ccccc1-c1cccc(-n2c4ccccc4c4ccccc42)c1-c1ccccc1-3. The molecular formula is C47H34N2. The van der Waals surface area contributed by atoms with Gasteiger partial charge >= 0.3 is 0 Å². The van der Waals surface area contributed by atoms with Crippen LogP contribution in [0.3, 0.4) is 0 Å². The van der Waals surface area contributed by atoms with Gasteiger partial charge in [0, 0.05) is 33.6 Å². The van der Waals surface area contributed by atoms with Crippen LogP contribution < -0.4 is 4.90 Å². The number of nitrogens with zero attached hydrogens (tertiary/aromatic N) is 2. The molecule has 0 amide bonds. The first kappa shape index (κ1) is 27.9. The smallest absolute Gasteiger partial charge is 0.0547 e. The highest BCUT2D eigenvalue weighted by Gasteiger charge is 2.32. The van der Waals surface area contributed by atoms with Crippen LogP contribution in [0, 0.1) is 0 Å². The number of rotatable bonds is 2. The maximum atomic E-state index is 2.47. The van der Waals surface area contributed by atoms with E-state index in [9.17, 15) is 0 Å². The Morgan fingerprint density at radius 2 is 0.959 bits per heavy atom. The van der Waals surface area contributed by atoms with Crippen molar-refractivity contribution >= 4 is 33.2 Å². The van der Waals surface area contributed by atoms with Crippen molar-refractivity contribution in [1.82, 2.24) is 4.57 Å². The molecule has 0 saturated carbocycles. The summed E-state index contributed by atoms with van der Waals surface area (Å²) < 4.78 is 2.47. The van der Waals surface area contributed by atoms with Gasteiger partial charge in [-0.25, -0.2) is 0 Å². The van der Waals surface area contributed by atoms with Crippen LogP contribution in [0.1, 0.15) is 19.4 Å². The summed E-state index contributed by atoms with van der Waals surface area (Å²) >= 11 is 0. The molecule has 1 aromatic heterocycles. The average Bonchev–Trinajstić information content (AvgIpc) is 3.48. The molecule has 0 saturated heterocycles. The number of hydrogen-bond acceptors (Lipinski definition) is 1. The van der Waals surface area contributed by atoms with E-state index in [2.05, 4.69) is 193 Å². The van der Waals surface area contributed by atoms with Gasteiger partial charge in [0.15, 0.2) is 0 Å². The first-order valence-electron chi connectivity index (χ1n) is 17.1. The second kappa shape index (κ2) is 10.4. The molecule has 0 fully saturated rings. The van der Waals surface area contributed by atoms with Gasteiger partial charge in [0.05, 0.1) is 22.4 Å². The number of anilines is 2. The van der Waals surface area contributed by atoms with Crippen LogP contribution >= 0.6 is 0 Å². The van der Waals surface area contributed by atoms with E-state index >= 15 is 0 Å². The minimum Gasteiger partial charge on any atom is -0.317 e. The summed E-state index contributed by atoms with van der Waals surface area (Å²) in [5.74, 6) is 0. The molecule has 1 aliphatic carbocycles. The second-order valence-electron chi connectivity index (χ2n) is 13.8. The van der Waals surface area contributed by atoms with Gasteiger partial charge in [0.25, 0.3) is 0 Å². The van der Waals surface area contributed by atoms with Crippen molar-refractivity contribution in [3.05, 3.63) is 176 Å². The molecule has 7 aromatic carbocycles. The predicted molar refractivity (Wildman–Crippen MR) is 207 cm³/mol. The average molecular weight is 627 g/mol. The van der Waals surface area contributed by atoms with E-state index < -0.39 is 0 Å². The van der Waals surface area contributed by atoms with Gasteiger partial charge < -0.3 is 9.47 Å². The molecule has 10 rings (SSSR count). The third kappa shape index (κ3) is 4.07. The Morgan fingerprint density at radius 1 is 0.429 bits per heavy atom. The molecular weight excluding hydrogens is 593 g/mol. The highest BCUT2D eigenvalue weighted by molar-refractivity contribution is 6.12. The summed E-state index contributed by atoms with van der Waals surface area (Å²) in [6.07, 6.45) is 4.59. The molecule has 232 valence electrons. The molecule has 0 radical (unpaired) electrons. The zero-order chi connectivity index (χ0) is 32.7. The fourth-order valence-corrected chi connectivity index (χ4v) is 8.30. The van der Waals surface area contributed by atoms with Gasteiger partial charge in [-0.2, -0.15) is 0 Å². The Hall–Kier alpha value is -6.12. The van der Waals surface area contributed by atoms with Gasteiger partial charge in [-0.3, -0.25) is 0 Å². The van der Waals surface area contributed by atoms with Gasteiger partial charge in [-0.05, 0) is 87.0 Å². The van der Waals surface area contributed by atoms with Crippen molar-refractivity contribution in [2.45, 2.75) is 19.3 Å². The molecule has 0 unspecified atom stereocenters. The zero-order valence-electron chi connectivity index (χ0n) is 27.6. The van der Waals surface area contributed by atoms with E-state index in [0.717, 1.165) is 5.69 Å². The molecule has 1 aliphatic heterocycles. The normalized spacial score (nSPS) is 14.0. The van der Waals surface area contributed by atoms with Crippen LogP contribution in [-0.2, 0) is 5.41 Å². The maximum absolute atomic E-state index is 2.47. The monoisotopic (exact) mass is 626 g/mol. The van der Waals surface area contributed by atoms with Crippen LogP contribution in [-0.4, -0.2) is 4.57 Å². The molecule has 2 heterocycles. The highest BCUT2D eigenvalue weighted by Crippen LogP contribution is 2.53. The molecule has 49 heavy (non-hydrogen) atoms. The maximum Gasteiger partial charge on any atom is 0.0547 e. The predicted octanol–water partition coefficient (Wildman–Crippen LogP) is 12.7. The van der Waals surface area contributed by atoms with Crippen LogP contribution in [0.4, 0.5) is 11.4 Å². The number of para-hydroxylation sites is 3. The fourth-order valence-electron chi connectivity index (χ4n) is 8.30. The van der Waals surface area contributed by atoms with Gasteiger partial charge in [-0.15, -0.1) is 0 Å². The lowest BCUT2D eigenvalue weighted by Gasteiger charge is -2.37. The fraction of sp³-hybridized carbons (Fsp3) is 0.0638. The van der Waals surface area contributed by atoms with E-state index in [1.54, 1.807) is 0 Å². The van der Waals surface area contributed by atoms with Crippen molar-refractivity contribution in [2.75, 3.05) is 4.90 Å². The lowest BCUT2D eigenvalue weighted by Crippen LogP contribution is -2.25. The summed E-state index contributed by atoms with van der Waals surface area (Å²) in [6, 6.07) is 58.1. The highest BCUT2D eigenvalue weighted by atomic mass is 15.1. The van der Waals surface area contributed by atoms with Crippen molar-refractivity contribution in [3.63, 3.8) is 0 Å². The molecule has 2 aliphatic rings. The van der Waals surface area contributed by atoms with Gasteiger partial charge in [0.2, 0.25) is 0 Å². The summed E-state index contributed by atoms with van der Waals surface area (Å²) in [6.45, 7) is 4.65. The number of benzene rings is 7. The van der Waals surface area contributed by atoms with Crippen molar-refractivity contribution in [3.8, 4) is 50.2 Å². The quantitative estimate of drug-likeness (QED) is 0.185. The van der Waals surface area contributed by atoms with Crippen LogP contribution in [0.15, 0.2) is 170 Å². The number of hydrogen-bond donors (Lipinski definition) is 0. The van der Waals surface area contributed by atoms with Crippen LogP contribution in [0.25, 0.3) is 72.0 Å². The van der Waals surface area contributed by atoms with E-state index in [1.807, 2.05) is 0 Å². The molecule has 2 heteroatoms. The Balaban J connectivity index is 1.33. The summed E-state index contributed by atoms with van der Waals surface area (Å²) in [7, 11) is 0. The number of allylic oxidation sites excluding steroid dienone is 1. The van der Waals surface area contributed by atoms with Gasteiger partial charge in [0.1, 0.15) is 0 Å². The third-order valence-corrected chi connectivity index (χ3v) is 10.6. The minimum absolute atomic E-state index is 0.131. The Labute approximate surface area is 286 Å². The zero-order valence-corrected chi connectivity index (χ0v) is 27.6. The van der Waals surface area contributed by atoms with Crippen molar-refractivity contribution < 1.29 is 0 Å². The lowest BCUT2D eigenvalue weighted by atomic mass is 9.75. The summed E-state index contributed by atoms with van der Waals surface area (Å²) in [5.41, 5.74) is 17.2. The van der Waals surface area contributed by atoms with Crippen LogP contribution in [0.2, 0.25) is 0 Å². The molecule has 0 bridgehead atoms. The molecule has 2 nitrogen and oxygen atoms in total. The Bertz CT molecular complexity index is 2580. The largest absolute Gasteiger partial charge is 0.317 e. The molecule has 0 spiro atoms. The molecule has 8 aromatic rings. The minimum atomic E-state index is -0.131. The Kier molecular flexibility index (Phi) is 5.95. The third-order valence-electron chi connectivity index (χ3n) is 10.6. The molecule has 0 atom stereocenters. The lowest BCUT2D eigenvalue weighted by molar-refractivity contribution is 0.659. The van der Waals surface area contributed by atoms with E-state index in [4.69, 9.17) is 0 Å². The van der Waals surface area contributed by atoms with Crippen molar-refractivity contribution in [2.24, 2.45) is 0 Å². The molecule has 0 N–H and O–H groups in total. The second-order valence-corrected chi connectivity index (χ2v) is 13.8. The summed E-state index contributed by atoms with van der Waals surface area (Å²) in [4.78, 5) is 2.35. The van der Waals surface area contributed by atoms with Gasteiger partial charge in [-0.1, -0.05) is 135 Å². The first-order chi connectivity index (χ1) is 24.1. The number of aromatic nitrogens is 1. The summed E-state index contributed by atoms with van der Waals surface area (Å²) in [5, 5.41) is 2.53. The van der Waals surface area contributed by atoms with Crippen molar-refractivity contribution in [1.29, 1.82) is 0 Å². The van der Waals surface area contributed by atoms with E-state index in [-0.39, 0.29) is 5.41 Å². The van der Waals surface area contributed by atoms with E-state index in [0.29, 0.717) is 0 Å². The topological polar surface area (TPSA) is 8.17 Å².